The molecule has 1 heterocycles. The first-order valence-corrected chi connectivity index (χ1v) is 4.17. The van der Waals surface area contributed by atoms with Crippen molar-refractivity contribution in [3.8, 4) is 0 Å². The van der Waals surface area contributed by atoms with Crippen molar-refractivity contribution in [2.75, 3.05) is 26.2 Å². The lowest BCUT2D eigenvalue weighted by atomic mass is 10.4. The van der Waals surface area contributed by atoms with Crippen molar-refractivity contribution in [1.82, 2.24) is 10.2 Å². The monoisotopic (exact) mass is 170 g/mol. The molecule has 0 aromatic rings. The molecule has 12 heavy (non-hydrogen) atoms. The molecule has 0 radical (unpaired) electrons. The van der Waals surface area contributed by atoms with Gasteiger partial charge in [0.1, 0.15) is 5.78 Å². The van der Waals surface area contributed by atoms with Crippen LogP contribution in [0.1, 0.15) is 13.3 Å². The van der Waals surface area contributed by atoms with Gasteiger partial charge in [0.2, 0.25) is 5.91 Å². The van der Waals surface area contributed by atoms with Gasteiger partial charge in [0.05, 0.1) is 6.54 Å². The van der Waals surface area contributed by atoms with E-state index in [1.807, 2.05) is 0 Å². The SMILES string of the molecule is CC(=O)NCCN1CCC(=O)C1. The van der Waals surface area contributed by atoms with Crippen molar-refractivity contribution >= 4 is 11.7 Å². The minimum atomic E-state index is -0.0134. The second kappa shape index (κ2) is 4.21. The molecule has 0 spiro atoms. The molecule has 1 saturated heterocycles. The van der Waals surface area contributed by atoms with Crippen LogP contribution in [0.4, 0.5) is 0 Å². The van der Waals surface area contributed by atoms with Crippen molar-refractivity contribution in [3.05, 3.63) is 0 Å². The highest BCUT2D eigenvalue weighted by atomic mass is 16.1. The summed E-state index contributed by atoms with van der Waals surface area (Å²) in [7, 11) is 0. The number of carbonyl (C=O) groups is 2. The molecule has 1 N–H and O–H groups in total. The van der Waals surface area contributed by atoms with Gasteiger partial charge in [-0.2, -0.15) is 0 Å². The number of carbonyl (C=O) groups excluding carboxylic acids is 2. The fourth-order valence-corrected chi connectivity index (χ4v) is 1.27. The van der Waals surface area contributed by atoms with Gasteiger partial charge >= 0.3 is 0 Å². The van der Waals surface area contributed by atoms with Crippen LogP contribution < -0.4 is 5.32 Å². The van der Waals surface area contributed by atoms with Crippen LogP contribution in [-0.4, -0.2) is 42.8 Å². The summed E-state index contributed by atoms with van der Waals surface area (Å²) in [5.74, 6) is 0.290. The van der Waals surface area contributed by atoms with Crippen molar-refractivity contribution in [3.63, 3.8) is 0 Å². The van der Waals surface area contributed by atoms with Crippen LogP contribution in [-0.2, 0) is 9.59 Å². The smallest absolute Gasteiger partial charge is 0.216 e. The summed E-state index contributed by atoms with van der Waals surface area (Å²) in [5, 5.41) is 2.70. The zero-order chi connectivity index (χ0) is 8.97. The fraction of sp³-hybridized carbons (Fsp3) is 0.750. The standard InChI is InChI=1S/C8H14N2O2/c1-7(11)9-3-5-10-4-2-8(12)6-10/h2-6H2,1H3,(H,9,11). The van der Waals surface area contributed by atoms with E-state index < -0.39 is 0 Å². The summed E-state index contributed by atoms with van der Waals surface area (Å²) < 4.78 is 0. The van der Waals surface area contributed by atoms with Gasteiger partial charge in [-0.1, -0.05) is 0 Å². The number of rotatable bonds is 3. The summed E-state index contributed by atoms with van der Waals surface area (Å²) >= 11 is 0. The Morgan fingerprint density at radius 2 is 2.42 bits per heavy atom. The molecule has 68 valence electrons. The number of nitrogens with one attached hydrogen (secondary N) is 1. The summed E-state index contributed by atoms with van der Waals surface area (Å²) in [6, 6.07) is 0. The first-order chi connectivity index (χ1) is 5.68. The molecule has 0 atom stereocenters. The average Bonchev–Trinajstić information content (AvgIpc) is 2.35. The van der Waals surface area contributed by atoms with Crippen molar-refractivity contribution < 1.29 is 9.59 Å². The van der Waals surface area contributed by atoms with E-state index in [0.29, 0.717) is 25.3 Å². The number of Topliss-reactive ketones (excluding diaryl/α,β-unsaturated/α-hetero) is 1. The maximum absolute atomic E-state index is 10.8. The molecule has 1 amide bonds. The number of nitrogens with zero attached hydrogens (tertiary/aromatic N) is 1. The Balaban J connectivity index is 2.08. The third-order valence-corrected chi connectivity index (χ3v) is 1.91. The normalized spacial score (nSPS) is 18.2. The predicted octanol–water partition coefficient (Wildman–Crippen LogP) is -0.603. The highest BCUT2D eigenvalue weighted by molar-refractivity contribution is 5.82. The number of hydrogen-bond acceptors (Lipinski definition) is 3. The summed E-state index contributed by atoms with van der Waals surface area (Å²) in [4.78, 5) is 23.4. The molecular formula is C8H14N2O2. The van der Waals surface area contributed by atoms with E-state index in [9.17, 15) is 9.59 Å². The van der Waals surface area contributed by atoms with Gasteiger partial charge in [0.15, 0.2) is 0 Å². The highest BCUT2D eigenvalue weighted by Gasteiger charge is 2.17. The Hall–Kier alpha value is -0.900. The molecule has 4 heteroatoms. The van der Waals surface area contributed by atoms with E-state index in [1.54, 1.807) is 0 Å². The largest absolute Gasteiger partial charge is 0.355 e. The predicted molar refractivity (Wildman–Crippen MR) is 44.7 cm³/mol. The molecule has 1 fully saturated rings. The lowest BCUT2D eigenvalue weighted by Gasteiger charge is -2.12. The zero-order valence-electron chi connectivity index (χ0n) is 7.30. The third kappa shape index (κ3) is 3.00. The molecule has 0 saturated carbocycles. The quantitative estimate of drug-likeness (QED) is 0.615. The molecule has 0 aromatic heterocycles. The van der Waals surface area contributed by atoms with Crippen LogP contribution in [0.25, 0.3) is 0 Å². The molecule has 0 unspecified atom stereocenters. The van der Waals surface area contributed by atoms with Gasteiger partial charge < -0.3 is 5.32 Å². The first kappa shape index (κ1) is 9.19. The number of hydrogen-bond donors (Lipinski definition) is 1. The Morgan fingerprint density at radius 3 is 2.92 bits per heavy atom. The second-order valence-corrected chi connectivity index (χ2v) is 3.05. The molecule has 1 aliphatic rings. The second-order valence-electron chi connectivity index (χ2n) is 3.05. The van der Waals surface area contributed by atoms with E-state index in [-0.39, 0.29) is 5.91 Å². The van der Waals surface area contributed by atoms with Crippen LogP contribution in [0.15, 0.2) is 0 Å². The van der Waals surface area contributed by atoms with Gasteiger partial charge in [-0.25, -0.2) is 0 Å². The van der Waals surface area contributed by atoms with Gasteiger partial charge in [-0.15, -0.1) is 0 Å². The topological polar surface area (TPSA) is 49.4 Å². The van der Waals surface area contributed by atoms with Crippen molar-refractivity contribution in [1.29, 1.82) is 0 Å². The molecule has 0 aliphatic carbocycles. The average molecular weight is 170 g/mol. The number of likely N-dealkylation sites (tertiary alicyclic amines) is 1. The van der Waals surface area contributed by atoms with Crippen LogP contribution in [0.3, 0.4) is 0 Å². The Labute approximate surface area is 71.9 Å². The number of amides is 1. The molecule has 0 bridgehead atoms. The third-order valence-electron chi connectivity index (χ3n) is 1.91. The summed E-state index contributed by atoms with van der Waals surface area (Å²) in [6.07, 6.45) is 0.667. The minimum Gasteiger partial charge on any atom is -0.355 e. The fourth-order valence-electron chi connectivity index (χ4n) is 1.27. The first-order valence-electron chi connectivity index (χ1n) is 4.17. The van der Waals surface area contributed by atoms with Crippen LogP contribution >= 0.6 is 0 Å². The van der Waals surface area contributed by atoms with Crippen LogP contribution in [0.5, 0.6) is 0 Å². The van der Waals surface area contributed by atoms with E-state index >= 15 is 0 Å². The molecule has 1 aliphatic heterocycles. The van der Waals surface area contributed by atoms with Gasteiger partial charge in [-0.05, 0) is 0 Å². The summed E-state index contributed by atoms with van der Waals surface area (Å²) in [5.41, 5.74) is 0. The maximum atomic E-state index is 10.8. The Bertz CT molecular complexity index is 191. The van der Waals surface area contributed by atoms with Gasteiger partial charge in [0, 0.05) is 33.0 Å². The molecular weight excluding hydrogens is 156 g/mol. The van der Waals surface area contributed by atoms with E-state index in [1.165, 1.54) is 6.92 Å². The zero-order valence-corrected chi connectivity index (χ0v) is 7.30. The van der Waals surface area contributed by atoms with Crippen LogP contribution in [0.2, 0.25) is 0 Å². The molecule has 0 aromatic carbocycles. The minimum absolute atomic E-state index is 0.0134. The lowest BCUT2D eigenvalue weighted by molar-refractivity contribution is -0.119. The Kier molecular flexibility index (Phi) is 3.22. The van der Waals surface area contributed by atoms with E-state index in [4.69, 9.17) is 0 Å². The summed E-state index contributed by atoms with van der Waals surface area (Å²) in [6.45, 7) is 4.32. The highest BCUT2D eigenvalue weighted by Crippen LogP contribution is 2.01. The number of ketones is 1. The lowest BCUT2D eigenvalue weighted by Crippen LogP contribution is -2.32. The molecule has 1 rings (SSSR count). The maximum Gasteiger partial charge on any atom is 0.216 e. The van der Waals surface area contributed by atoms with E-state index in [0.717, 1.165) is 13.1 Å². The van der Waals surface area contributed by atoms with E-state index in [2.05, 4.69) is 10.2 Å². The van der Waals surface area contributed by atoms with Gasteiger partial charge in [0.25, 0.3) is 0 Å². The Morgan fingerprint density at radius 1 is 1.67 bits per heavy atom. The molecule has 4 nitrogen and oxygen atoms in total. The van der Waals surface area contributed by atoms with Crippen LogP contribution in [0, 0.1) is 0 Å². The van der Waals surface area contributed by atoms with Crippen molar-refractivity contribution in [2.45, 2.75) is 13.3 Å². The van der Waals surface area contributed by atoms with Gasteiger partial charge in [-0.3, -0.25) is 14.5 Å². The van der Waals surface area contributed by atoms with Crippen molar-refractivity contribution in [2.24, 2.45) is 0 Å².